The van der Waals surface area contributed by atoms with Gasteiger partial charge >= 0.3 is 17.9 Å². The van der Waals surface area contributed by atoms with Gasteiger partial charge in [-0.05, 0) is 83.5 Å². The smallest absolute Gasteiger partial charge is 0.306 e. The Labute approximate surface area is 433 Å². The van der Waals surface area contributed by atoms with Crippen molar-refractivity contribution in [3.05, 3.63) is 72.9 Å². The molecule has 0 amide bonds. The number of allylic oxidation sites excluding steroid dienone is 12. The van der Waals surface area contributed by atoms with Crippen LogP contribution in [0.1, 0.15) is 297 Å². The van der Waals surface area contributed by atoms with Crippen LogP contribution in [0.25, 0.3) is 0 Å². The molecule has 6 nitrogen and oxygen atoms in total. The molecule has 0 rings (SSSR count). The molecule has 0 bridgehead atoms. The maximum Gasteiger partial charge on any atom is 0.306 e. The third kappa shape index (κ3) is 55.8. The molecule has 6 heteroatoms. The second kappa shape index (κ2) is 58.4. The van der Waals surface area contributed by atoms with Crippen LogP contribution in [0.2, 0.25) is 0 Å². The Morgan fingerprint density at radius 3 is 0.914 bits per heavy atom. The average Bonchev–Trinajstić information content (AvgIpc) is 3.36. The fourth-order valence-corrected chi connectivity index (χ4v) is 8.47. The molecule has 0 aromatic rings. The summed E-state index contributed by atoms with van der Waals surface area (Å²) in [5, 5.41) is 0. The van der Waals surface area contributed by atoms with E-state index in [0.29, 0.717) is 19.3 Å². The van der Waals surface area contributed by atoms with Gasteiger partial charge in [-0.25, -0.2) is 0 Å². The van der Waals surface area contributed by atoms with Crippen LogP contribution < -0.4 is 0 Å². The number of hydrogen-bond donors (Lipinski definition) is 0. The summed E-state index contributed by atoms with van der Waals surface area (Å²) in [5.41, 5.74) is 0. The minimum atomic E-state index is -0.806. The molecule has 0 aliphatic rings. The topological polar surface area (TPSA) is 78.9 Å². The lowest BCUT2D eigenvalue weighted by molar-refractivity contribution is -0.167. The molecule has 0 saturated carbocycles. The van der Waals surface area contributed by atoms with Gasteiger partial charge in [0.1, 0.15) is 13.2 Å². The van der Waals surface area contributed by atoms with Crippen molar-refractivity contribution in [2.45, 2.75) is 303 Å². The van der Waals surface area contributed by atoms with E-state index in [2.05, 4.69) is 93.7 Å². The van der Waals surface area contributed by atoms with Gasteiger partial charge in [-0.2, -0.15) is 0 Å². The molecule has 0 spiro atoms. The van der Waals surface area contributed by atoms with Crippen LogP contribution in [-0.4, -0.2) is 37.2 Å². The van der Waals surface area contributed by atoms with Gasteiger partial charge in [0, 0.05) is 19.3 Å². The summed E-state index contributed by atoms with van der Waals surface area (Å²) in [6.45, 7) is 6.50. The maximum absolute atomic E-state index is 12.8. The van der Waals surface area contributed by atoms with E-state index in [0.717, 1.165) is 83.5 Å². The lowest BCUT2D eigenvalue weighted by Gasteiger charge is -2.18. The Morgan fingerprint density at radius 1 is 0.300 bits per heavy atom. The molecule has 1 unspecified atom stereocenters. The van der Waals surface area contributed by atoms with E-state index in [1.54, 1.807) is 0 Å². The third-order valence-electron chi connectivity index (χ3n) is 12.9. The van der Waals surface area contributed by atoms with Crippen LogP contribution in [0, 0.1) is 0 Å². The van der Waals surface area contributed by atoms with Crippen molar-refractivity contribution in [1.29, 1.82) is 0 Å². The minimum Gasteiger partial charge on any atom is -0.462 e. The normalized spacial score (nSPS) is 12.6. The van der Waals surface area contributed by atoms with Gasteiger partial charge in [0.2, 0.25) is 0 Å². The Bertz CT molecular complexity index is 1310. The molecule has 0 radical (unpaired) electrons. The zero-order chi connectivity index (χ0) is 50.7. The number of esters is 3. The van der Waals surface area contributed by atoms with Crippen LogP contribution in [0.4, 0.5) is 0 Å². The van der Waals surface area contributed by atoms with E-state index in [9.17, 15) is 14.4 Å². The second-order valence-corrected chi connectivity index (χ2v) is 19.9. The van der Waals surface area contributed by atoms with Gasteiger partial charge < -0.3 is 14.2 Å². The molecule has 0 saturated heterocycles. The summed E-state index contributed by atoms with van der Waals surface area (Å²) in [6.07, 6.45) is 74.8. The second-order valence-electron chi connectivity index (χ2n) is 19.9. The zero-order valence-corrected chi connectivity index (χ0v) is 46.3. The fraction of sp³-hybridized carbons (Fsp3) is 0.766. The Morgan fingerprint density at radius 2 is 0.571 bits per heavy atom. The first-order valence-corrected chi connectivity index (χ1v) is 29.9. The summed E-state index contributed by atoms with van der Waals surface area (Å²) in [7, 11) is 0. The SMILES string of the molecule is CC/C=C\C/C=C\C/C=C\CCCCCCCCC(=O)OCC(COC(=O)CCCCCCCCCCCCCCCCCCCCC)OC(=O)CCC/C=C\C/C=C\C/C=C\CCCCCCCC. The molecule has 0 aromatic heterocycles. The molecule has 0 aliphatic carbocycles. The van der Waals surface area contributed by atoms with E-state index < -0.39 is 6.10 Å². The Kier molecular flexibility index (Phi) is 55.8. The van der Waals surface area contributed by atoms with Crippen molar-refractivity contribution in [3.8, 4) is 0 Å². The van der Waals surface area contributed by atoms with E-state index >= 15 is 0 Å². The number of rotatable bonds is 54. The van der Waals surface area contributed by atoms with Crippen LogP contribution in [0.3, 0.4) is 0 Å². The van der Waals surface area contributed by atoms with Crippen molar-refractivity contribution >= 4 is 17.9 Å². The van der Waals surface area contributed by atoms with E-state index in [1.807, 2.05) is 0 Å². The highest BCUT2D eigenvalue weighted by Gasteiger charge is 2.19. The van der Waals surface area contributed by atoms with Gasteiger partial charge in [0.25, 0.3) is 0 Å². The number of carbonyl (C=O) groups excluding carboxylic acids is 3. The summed E-state index contributed by atoms with van der Waals surface area (Å²) in [6, 6.07) is 0. The average molecular weight is 978 g/mol. The molecule has 0 aromatic carbocycles. The maximum atomic E-state index is 12.8. The standard InChI is InChI=1S/C64H112O6/c1-4-7-10-13-16-19-22-25-28-31-32-34-36-39-42-45-48-51-54-57-63(66)69-60-61(59-68-62(65)56-53-50-47-44-41-38-35-30-27-24-21-18-15-12-9-6-3)70-64(67)58-55-52-49-46-43-40-37-33-29-26-23-20-17-14-11-8-5-2/h9,12,18,21,26-27,29-30,37,40,46,49,61H,4-8,10-11,13-17,19-20,22-25,28,31-36,38-39,41-45,47-48,50-60H2,1-3H3/b12-9-,21-18-,29-26-,30-27-,40-37-,49-46-. The number of unbranched alkanes of at least 4 members (excludes halogenated alkanes) is 31. The summed E-state index contributed by atoms with van der Waals surface area (Å²) in [4.78, 5) is 38.2. The molecular weight excluding hydrogens is 865 g/mol. The molecule has 0 fully saturated rings. The van der Waals surface area contributed by atoms with Crippen LogP contribution in [0.15, 0.2) is 72.9 Å². The highest BCUT2D eigenvalue weighted by Crippen LogP contribution is 2.16. The van der Waals surface area contributed by atoms with Gasteiger partial charge in [-0.15, -0.1) is 0 Å². The quantitative estimate of drug-likeness (QED) is 0.0261. The largest absolute Gasteiger partial charge is 0.462 e. The van der Waals surface area contributed by atoms with Gasteiger partial charge in [-0.1, -0.05) is 267 Å². The van der Waals surface area contributed by atoms with Crippen molar-refractivity contribution in [1.82, 2.24) is 0 Å². The third-order valence-corrected chi connectivity index (χ3v) is 12.9. The predicted molar refractivity (Wildman–Crippen MR) is 302 cm³/mol. The monoisotopic (exact) mass is 977 g/mol. The van der Waals surface area contributed by atoms with Crippen molar-refractivity contribution in [2.24, 2.45) is 0 Å². The van der Waals surface area contributed by atoms with E-state index in [4.69, 9.17) is 14.2 Å². The summed E-state index contributed by atoms with van der Waals surface area (Å²) >= 11 is 0. The highest BCUT2D eigenvalue weighted by molar-refractivity contribution is 5.71. The minimum absolute atomic E-state index is 0.0972. The summed E-state index contributed by atoms with van der Waals surface area (Å²) in [5.74, 6) is -0.952. The van der Waals surface area contributed by atoms with E-state index in [1.165, 1.54) is 167 Å². The first-order chi connectivity index (χ1) is 34.5. The first-order valence-electron chi connectivity index (χ1n) is 29.9. The number of ether oxygens (including phenoxy) is 3. The van der Waals surface area contributed by atoms with Crippen LogP contribution in [0.5, 0.6) is 0 Å². The lowest BCUT2D eigenvalue weighted by atomic mass is 10.0. The first kappa shape index (κ1) is 66.9. The fourth-order valence-electron chi connectivity index (χ4n) is 8.47. The predicted octanol–water partition coefficient (Wildman–Crippen LogP) is 20.2. The highest BCUT2D eigenvalue weighted by atomic mass is 16.6. The lowest BCUT2D eigenvalue weighted by Crippen LogP contribution is -2.30. The molecule has 0 heterocycles. The van der Waals surface area contributed by atoms with Gasteiger partial charge in [-0.3, -0.25) is 14.4 Å². The van der Waals surface area contributed by atoms with Crippen molar-refractivity contribution in [3.63, 3.8) is 0 Å². The molecule has 0 aliphatic heterocycles. The van der Waals surface area contributed by atoms with E-state index in [-0.39, 0.29) is 37.5 Å². The number of carbonyl (C=O) groups is 3. The van der Waals surface area contributed by atoms with Crippen molar-refractivity contribution < 1.29 is 28.6 Å². The zero-order valence-electron chi connectivity index (χ0n) is 46.3. The Balaban J connectivity index is 4.43. The molecule has 0 N–H and O–H groups in total. The summed E-state index contributed by atoms with van der Waals surface area (Å²) < 4.78 is 16.8. The Hall–Kier alpha value is -3.15. The molecular formula is C64H112O6. The molecule has 1 atom stereocenters. The van der Waals surface area contributed by atoms with Crippen molar-refractivity contribution in [2.75, 3.05) is 13.2 Å². The van der Waals surface area contributed by atoms with Crippen LogP contribution >= 0.6 is 0 Å². The van der Waals surface area contributed by atoms with Gasteiger partial charge in [0.05, 0.1) is 0 Å². The van der Waals surface area contributed by atoms with Crippen LogP contribution in [-0.2, 0) is 28.6 Å². The number of hydrogen-bond acceptors (Lipinski definition) is 6. The molecule has 404 valence electrons. The molecule has 70 heavy (non-hydrogen) atoms. The van der Waals surface area contributed by atoms with Gasteiger partial charge in [0.15, 0.2) is 6.10 Å².